The van der Waals surface area contributed by atoms with Gasteiger partial charge < -0.3 is 13.9 Å². The minimum atomic E-state index is -0.535. The largest absolute Gasteiger partial charge is 0.493 e. The standard InChI is InChI=1S/C19H24N2O5/c1-12(2)9-10-25-15-8-6-14(11-17(15)24-4)18(22)20-21-19(23)16-7-5-13(3)26-16/h5-8,11-12H,9-10H2,1-4H3,(H,20,22)(H,21,23). The van der Waals surface area contributed by atoms with Crippen molar-refractivity contribution in [1.29, 1.82) is 0 Å². The lowest BCUT2D eigenvalue weighted by Gasteiger charge is -2.13. The van der Waals surface area contributed by atoms with Crippen LogP contribution in [0.2, 0.25) is 0 Å². The number of hydrogen-bond acceptors (Lipinski definition) is 5. The van der Waals surface area contributed by atoms with Crippen molar-refractivity contribution < 1.29 is 23.5 Å². The molecule has 7 heteroatoms. The highest BCUT2D eigenvalue weighted by Crippen LogP contribution is 2.28. The van der Waals surface area contributed by atoms with Crippen LogP contribution in [-0.2, 0) is 0 Å². The summed E-state index contributed by atoms with van der Waals surface area (Å²) in [5.41, 5.74) is 4.97. The van der Waals surface area contributed by atoms with Crippen molar-refractivity contribution in [2.45, 2.75) is 27.2 Å². The van der Waals surface area contributed by atoms with Gasteiger partial charge in [-0.25, -0.2) is 0 Å². The van der Waals surface area contributed by atoms with Crippen LogP contribution in [0.15, 0.2) is 34.7 Å². The fourth-order valence-electron chi connectivity index (χ4n) is 2.14. The third kappa shape index (κ3) is 5.27. The molecule has 0 saturated carbocycles. The van der Waals surface area contributed by atoms with Crippen LogP contribution in [0, 0.1) is 12.8 Å². The van der Waals surface area contributed by atoms with E-state index in [1.54, 1.807) is 31.2 Å². The van der Waals surface area contributed by atoms with Gasteiger partial charge >= 0.3 is 5.91 Å². The zero-order valence-corrected chi connectivity index (χ0v) is 15.4. The minimum absolute atomic E-state index is 0.120. The fourth-order valence-corrected chi connectivity index (χ4v) is 2.14. The van der Waals surface area contributed by atoms with Crippen LogP contribution in [0.25, 0.3) is 0 Å². The van der Waals surface area contributed by atoms with Gasteiger partial charge in [-0.2, -0.15) is 0 Å². The molecule has 0 spiro atoms. The van der Waals surface area contributed by atoms with Gasteiger partial charge in [-0.1, -0.05) is 13.8 Å². The van der Waals surface area contributed by atoms with Gasteiger partial charge in [0.05, 0.1) is 13.7 Å². The van der Waals surface area contributed by atoms with Crippen LogP contribution in [0.4, 0.5) is 0 Å². The Morgan fingerprint density at radius 3 is 2.42 bits per heavy atom. The number of nitrogens with one attached hydrogen (secondary N) is 2. The van der Waals surface area contributed by atoms with Crippen molar-refractivity contribution in [2.75, 3.05) is 13.7 Å². The number of aryl methyl sites for hydroxylation is 1. The molecule has 2 rings (SSSR count). The zero-order valence-electron chi connectivity index (χ0n) is 15.4. The zero-order chi connectivity index (χ0) is 19.1. The van der Waals surface area contributed by atoms with E-state index in [9.17, 15) is 9.59 Å². The molecule has 140 valence electrons. The van der Waals surface area contributed by atoms with Gasteiger partial charge in [-0.3, -0.25) is 20.4 Å². The molecule has 0 aliphatic heterocycles. The predicted molar refractivity (Wildman–Crippen MR) is 96.3 cm³/mol. The Balaban J connectivity index is 1.96. The highest BCUT2D eigenvalue weighted by atomic mass is 16.5. The van der Waals surface area contributed by atoms with Gasteiger partial charge in [0.1, 0.15) is 5.76 Å². The number of carbonyl (C=O) groups excluding carboxylic acids is 2. The highest BCUT2D eigenvalue weighted by molar-refractivity contribution is 5.98. The molecule has 0 radical (unpaired) electrons. The van der Waals surface area contributed by atoms with Crippen molar-refractivity contribution in [3.63, 3.8) is 0 Å². The number of rotatable bonds is 7. The van der Waals surface area contributed by atoms with E-state index in [2.05, 4.69) is 24.7 Å². The number of ether oxygens (including phenoxy) is 2. The Morgan fingerprint density at radius 2 is 1.81 bits per heavy atom. The number of hydrogen-bond donors (Lipinski definition) is 2. The second-order valence-corrected chi connectivity index (χ2v) is 6.22. The maximum atomic E-state index is 12.2. The van der Waals surface area contributed by atoms with Crippen molar-refractivity contribution in [1.82, 2.24) is 10.9 Å². The molecule has 0 saturated heterocycles. The summed E-state index contributed by atoms with van der Waals surface area (Å²) in [6.45, 7) is 6.53. The summed E-state index contributed by atoms with van der Waals surface area (Å²) in [6, 6.07) is 8.03. The van der Waals surface area contributed by atoms with E-state index < -0.39 is 11.8 Å². The summed E-state index contributed by atoms with van der Waals surface area (Å²) < 4.78 is 16.2. The smallest absolute Gasteiger partial charge is 0.305 e. The molecule has 1 aromatic carbocycles. The van der Waals surface area contributed by atoms with E-state index in [0.717, 1.165) is 6.42 Å². The molecule has 0 fully saturated rings. The van der Waals surface area contributed by atoms with E-state index >= 15 is 0 Å². The maximum absolute atomic E-state index is 12.2. The van der Waals surface area contributed by atoms with Crippen LogP contribution in [0.1, 0.15) is 46.9 Å². The van der Waals surface area contributed by atoms with Crippen molar-refractivity contribution in [3.8, 4) is 11.5 Å². The number of benzene rings is 1. The van der Waals surface area contributed by atoms with Crippen LogP contribution in [0.3, 0.4) is 0 Å². The summed E-state index contributed by atoms with van der Waals surface area (Å²) in [5, 5.41) is 0. The molecule has 0 aliphatic carbocycles. The monoisotopic (exact) mass is 360 g/mol. The molecule has 0 bridgehead atoms. The van der Waals surface area contributed by atoms with Crippen molar-refractivity contribution >= 4 is 11.8 Å². The molecule has 26 heavy (non-hydrogen) atoms. The lowest BCUT2D eigenvalue weighted by molar-refractivity contribution is 0.0830. The first-order chi connectivity index (χ1) is 12.4. The summed E-state index contributed by atoms with van der Waals surface area (Å²) in [7, 11) is 1.51. The third-order valence-electron chi connectivity index (χ3n) is 3.63. The van der Waals surface area contributed by atoms with Crippen molar-refractivity contribution in [2.24, 2.45) is 5.92 Å². The van der Waals surface area contributed by atoms with Gasteiger partial charge in [-0.05, 0) is 49.6 Å². The Bertz CT molecular complexity index is 767. The molecule has 0 unspecified atom stereocenters. The molecular weight excluding hydrogens is 336 g/mol. The van der Waals surface area contributed by atoms with Crippen LogP contribution in [0.5, 0.6) is 11.5 Å². The molecule has 2 aromatic rings. The van der Waals surface area contributed by atoms with Gasteiger partial charge in [-0.15, -0.1) is 0 Å². The van der Waals surface area contributed by atoms with Crippen LogP contribution >= 0.6 is 0 Å². The second kappa shape index (κ2) is 8.94. The lowest BCUT2D eigenvalue weighted by Crippen LogP contribution is -2.41. The SMILES string of the molecule is COc1cc(C(=O)NNC(=O)c2ccc(C)o2)ccc1OCCC(C)C. The first-order valence-electron chi connectivity index (χ1n) is 8.38. The number of hydrazine groups is 1. The Labute approximate surface area is 152 Å². The molecule has 1 aromatic heterocycles. The normalized spacial score (nSPS) is 10.5. The molecular formula is C19H24N2O5. The van der Waals surface area contributed by atoms with Gasteiger partial charge in [0, 0.05) is 5.56 Å². The minimum Gasteiger partial charge on any atom is -0.493 e. The average Bonchev–Trinajstić information content (AvgIpc) is 3.05. The fraction of sp³-hybridized carbons (Fsp3) is 0.368. The van der Waals surface area contributed by atoms with Crippen LogP contribution in [-0.4, -0.2) is 25.5 Å². The first-order valence-corrected chi connectivity index (χ1v) is 8.38. The van der Waals surface area contributed by atoms with Gasteiger partial charge in [0.2, 0.25) is 0 Å². The second-order valence-electron chi connectivity index (χ2n) is 6.22. The Morgan fingerprint density at radius 1 is 1.08 bits per heavy atom. The number of furan rings is 1. The quantitative estimate of drug-likeness (QED) is 0.741. The van der Waals surface area contributed by atoms with Gasteiger partial charge in [0.15, 0.2) is 17.3 Å². The highest BCUT2D eigenvalue weighted by Gasteiger charge is 2.14. The maximum Gasteiger partial charge on any atom is 0.305 e. The number of methoxy groups -OCH3 is 1. The third-order valence-corrected chi connectivity index (χ3v) is 3.63. The molecule has 1 heterocycles. The van der Waals surface area contributed by atoms with E-state index in [0.29, 0.717) is 35.3 Å². The molecule has 7 nitrogen and oxygen atoms in total. The topological polar surface area (TPSA) is 89.8 Å². The number of carbonyl (C=O) groups is 2. The molecule has 2 amide bonds. The molecule has 0 atom stereocenters. The Hall–Kier alpha value is -2.96. The van der Waals surface area contributed by atoms with E-state index in [-0.39, 0.29) is 5.76 Å². The summed E-state index contributed by atoms with van der Waals surface area (Å²) in [5.74, 6) is 1.27. The lowest BCUT2D eigenvalue weighted by atomic mass is 10.1. The van der Waals surface area contributed by atoms with E-state index in [1.807, 2.05) is 0 Å². The number of amides is 2. The van der Waals surface area contributed by atoms with E-state index in [1.165, 1.54) is 13.2 Å². The first kappa shape index (κ1) is 19.4. The summed E-state index contributed by atoms with van der Waals surface area (Å²) in [4.78, 5) is 24.1. The molecule has 0 aliphatic rings. The summed E-state index contributed by atoms with van der Waals surface area (Å²) in [6.07, 6.45) is 0.920. The average molecular weight is 360 g/mol. The van der Waals surface area contributed by atoms with Gasteiger partial charge in [0.25, 0.3) is 5.91 Å². The van der Waals surface area contributed by atoms with E-state index in [4.69, 9.17) is 13.9 Å². The summed E-state index contributed by atoms with van der Waals surface area (Å²) >= 11 is 0. The Kier molecular flexibility index (Phi) is 6.66. The van der Waals surface area contributed by atoms with Crippen LogP contribution < -0.4 is 20.3 Å². The molecule has 2 N–H and O–H groups in total. The predicted octanol–water partition coefficient (Wildman–Crippen LogP) is 3.10. The van der Waals surface area contributed by atoms with Crippen molar-refractivity contribution in [3.05, 3.63) is 47.4 Å².